The summed E-state index contributed by atoms with van der Waals surface area (Å²) in [6.07, 6.45) is 0. The highest BCUT2D eigenvalue weighted by Crippen LogP contribution is 2.20. The van der Waals surface area contributed by atoms with Crippen molar-refractivity contribution in [3.8, 4) is 0 Å². The number of carbonyl (C=O) groups is 2. The van der Waals surface area contributed by atoms with Crippen LogP contribution in [0.3, 0.4) is 0 Å². The van der Waals surface area contributed by atoms with Crippen LogP contribution in [0.15, 0.2) is 45.7 Å². The fourth-order valence-corrected chi connectivity index (χ4v) is 5.17. The van der Waals surface area contributed by atoms with Gasteiger partial charge in [-0.3, -0.25) is 14.5 Å². The van der Waals surface area contributed by atoms with Crippen molar-refractivity contribution in [2.75, 3.05) is 51.1 Å². The third kappa shape index (κ3) is 5.56. The molecule has 0 aliphatic carbocycles. The Kier molecular flexibility index (Phi) is 7.70. The molecule has 1 aliphatic rings. The number of amides is 2. The van der Waals surface area contributed by atoms with Gasteiger partial charge in [-0.2, -0.15) is 4.31 Å². The van der Waals surface area contributed by atoms with E-state index in [-0.39, 0.29) is 23.3 Å². The van der Waals surface area contributed by atoms with Gasteiger partial charge in [0, 0.05) is 45.0 Å². The quantitative estimate of drug-likeness (QED) is 0.644. The van der Waals surface area contributed by atoms with E-state index in [0.29, 0.717) is 56.5 Å². The molecular weight excluding hydrogens is 432 g/mol. The number of piperazine rings is 1. The molecule has 1 aromatic heterocycles. The second-order valence-electron chi connectivity index (χ2n) is 7.64. The lowest BCUT2D eigenvalue weighted by Gasteiger charge is -2.33. The van der Waals surface area contributed by atoms with Crippen LogP contribution in [0.25, 0.3) is 0 Å². The van der Waals surface area contributed by atoms with E-state index < -0.39 is 10.0 Å². The first-order valence-corrected chi connectivity index (χ1v) is 12.2. The first kappa shape index (κ1) is 24.0. The van der Waals surface area contributed by atoms with Crippen LogP contribution in [0.2, 0.25) is 0 Å². The van der Waals surface area contributed by atoms with Crippen LogP contribution in [-0.2, 0) is 14.8 Å². The van der Waals surface area contributed by atoms with Crippen molar-refractivity contribution in [3.05, 3.63) is 47.9 Å². The van der Waals surface area contributed by atoms with Gasteiger partial charge in [-0.05, 0) is 37.3 Å². The van der Waals surface area contributed by atoms with Crippen molar-refractivity contribution in [1.82, 2.24) is 14.1 Å². The Morgan fingerprint density at radius 1 is 1.06 bits per heavy atom. The molecule has 0 saturated carbocycles. The fourth-order valence-electron chi connectivity index (χ4n) is 3.66. The van der Waals surface area contributed by atoms with Gasteiger partial charge in [0.15, 0.2) is 5.76 Å². The van der Waals surface area contributed by atoms with Crippen LogP contribution in [0.1, 0.15) is 30.2 Å². The van der Waals surface area contributed by atoms with Gasteiger partial charge < -0.3 is 14.6 Å². The number of benzene rings is 1. The van der Waals surface area contributed by atoms with Crippen LogP contribution in [0.4, 0.5) is 5.69 Å². The number of sulfonamides is 1. The first-order valence-electron chi connectivity index (χ1n) is 10.7. The molecule has 1 fully saturated rings. The molecule has 2 aromatic rings. The van der Waals surface area contributed by atoms with Crippen molar-refractivity contribution in [3.63, 3.8) is 0 Å². The van der Waals surface area contributed by atoms with Crippen LogP contribution >= 0.6 is 0 Å². The van der Waals surface area contributed by atoms with E-state index in [2.05, 4.69) is 5.32 Å². The smallest absolute Gasteiger partial charge is 0.289 e. The Morgan fingerprint density at radius 2 is 1.75 bits per heavy atom. The van der Waals surface area contributed by atoms with E-state index in [4.69, 9.17) is 4.42 Å². The molecule has 0 unspecified atom stereocenters. The average molecular weight is 463 g/mol. The molecule has 1 N–H and O–H groups in total. The lowest BCUT2D eigenvalue weighted by atomic mass is 10.2. The molecular formula is C22H30N4O5S. The molecule has 3 rings (SSSR count). The van der Waals surface area contributed by atoms with Crippen molar-refractivity contribution in [2.24, 2.45) is 0 Å². The predicted octanol–water partition coefficient (Wildman–Crippen LogP) is 2.02. The molecule has 0 radical (unpaired) electrons. The van der Waals surface area contributed by atoms with E-state index >= 15 is 0 Å². The molecule has 2 heterocycles. The fraction of sp³-hybridized carbons (Fsp3) is 0.455. The summed E-state index contributed by atoms with van der Waals surface area (Å²) in [5.74, 6) is 0.642. The Bertz CT molecular complexity index is 1050. The highest BCUT2D eigenvalue weighted by molar-refractivity contribution is 7.89. The standard InChI is InChI=1S/C22H30N4O5S/c1-4-26(5-2)32(29,30)19-8-6-7-18(15-19)23-21(27)16-24-11-13-25(14-12-24)22(28)20-10-9-17(3)31-20/h6-10,15H,4-5,11-14,16H2,1-3H3,(H,23,27). The van der Waals surface area contributed by atoms with Crippen molar-refractivity contribution >= 4 is 27.5 Å². The zero-order chi connectivity index (χ0) is 23.3. The maximum absolute atomic E-state index is 12.7. The minimum atomic E-state index is -3.60. The third-order valence-electron chi connectivity index (χ3n) is 5.44. The van der Waals surface area contributed by atoms with Gasteiger partial charge in [0.2, 0.25) is 15.9 Å². The van der Waals surface area contributed by atoms with Gasteiger partial charge in [0.25, 0.3) is 5.91 Å². The van der Waals surface area contributed by atoms with Gasteiger partial charge in [-0.1, -0.05) is 19.9 Å². The SMILES string of the molecule is CCN(CC)S(=O)(=O)c1cccc(NC(=O)CN2CCN(C(=O)c3ccc(C)o3)CC2)c1. The first-order chi connectivity index (χ1) is 15.2. The summed E-state index contributed by atoms with van der Waals surface area (Å²) in [5.41, 5.74) is 0.435. The number of anilines is 1. The van der Waals surface area contributed by atoms with Crippen LogP contribution in [-0.4, -0.2) is 80.2 Å². The van der Waals surface area contributed by atoms with Crippen LogP contribution < -0.4 is 5.32 Å². The highest BCUT2D eigenvalue weighted by Gasteiger charge is 2.25. The van der Waals surface area contributed by atoms with Gasteiger partial charge >= 0.3 is 0 Å². The topological polar surface area (TPSA) is 103 Å². The summed E-state index contributed by atoms with van der Waals surface area (Å²) >= 11 is 0. The Hall–Kier alpha value is -2.69. The second-order valence-corrected chi connectivity index (χ2v) is 9.58. The molecule has 0 spiro atoms. The zero-order valence-corrected chi connectivity index (χ0v) is 19.5. The van der Waals surface area contributed by atoms with Crippen molar-refractivity contribution < 1.29 is 22.4 Å². The molecule has 2 amide bonds. The summed E-state index contributed by atoms with van der Waals surface area (Å²) in [5, 5.41) is 2.78. The molecule has 0 bridgehead atoms. The summed E-state index contributed by atoms with van der Waals surface area (Å²) in [6, 6.07) is 9.73. The maximum Gasteiger partial charge on any atom is 0.289 e. The molecule has 1 aromatic carbocycles. The summed E-state index contributed by atoms with van der Waals surface area (Å²) in [6.45, 7) is 8.42. The van der Waals surface area contributed by atoms with Crippen molar-refractivity contribution in [1.29, 1.82) is 0 Å². The molecule has 1 aliphatic heterocycles. The van der Waals surface area contributed by atoms with Gasteiger partial charge in [0.05, 0.1) is 11.4 Å². The minimum absolute atomic E-state index is 0.145. The Labute approximate surface area is 189 Å². The summed E-state index contributed by atoms with van der Waals surface area (Å²) < 4.78 is 32.2. The molecule has 0 atom stereocenters. The van der Waals surface area contributed by atoms with E-state index in [1.54, 1.807) is 49.9 Å². The zero-order valence-electron chi connectivity index (χ0n) is 18.7. The minimum Gasteiger partial charge on any atom is -0.456 e. The number of hydrogen-bond acceptors (Lipinski definition) is 6. The third-order valence-corrected chi connectivity index (χ3v) is 7.48. The summed E-state index contributed by atoms with van der Waals surface area (Å²) in [7, 11) is -3.60. The number of nitrogens with zero attached hydrogens (tertiary/aromatic N) is 3. The average Bonchev–Trinajstić information content (AvgIpc) is 3.21. The van der Waals surface area contributed by atoms with Crippen molar-refractivity contribution in [2.45, 2.75) is 25.7 Å². The Morgan fingerprint density at radius 3 is 2.34 bits per heavy atom. The molecule has 32 heavy (non-hydrogen) atoms. The van der Waals surface area contributed by atoms with E-state index in [1.807, 2.05) is 4.90 Å². The number of hydrogen-bond donors (Lipinski definition) is 1. The molecule has 174 valence electrons. The number of rotatable bonds is 8. The lowest BCUT2D eigenvalue weighted by molar-refractivity contribution is -0.117. The number of furan rings is 1. The van der Waals surface area contributed by atoms with E-state index in [1.165, 1.54) is 16.4 Å². The maximum atomic E-state index is 12.7. The summed E-state index contributed by atoms with van der Waals surface area (Å²) in [4.78, 5) is 28.8. The highest BCUT2D eigenvalue weighted by atomic mass is 32.2. The van der Waals surface area contributed by atoms with Gasteiger partial charge in [-0.25, -0.2) is 8.42 Å². The number of aryl methyl sites for hydroxylation is 1. The Balaban J connectivity index is 1.54. The second kappa shape index (κ2) is 10.3. The van der Waals surface area contributed by atoms with Crippen LogP contribution in [0.5, 0.6) is 0 Å². The molecule has 1 saturated heterocycles. The van der Waals surface area contributed by atoms with Gasteiger partial charge in [-0.15, -0.1) is 0 Å². The molecule has 10 heteroatoms. The van der Waals surface area contributed by atoms with E-state index in [9.17, 15) is 18.0 Å². The monoisotopic (exact) mass is 462 g/mol. The molecule has 9 nitrogen and oxygen atoms in total. The lowest BCUT2D eigenvalue weighted by Crippen LogP contribution is -2.50. The number of carbonyl (C=O) groups excluding carboxylic acids is 2. The van der Waals surface area contributed by atoms with Crippen LogP contribution in [0, 0.1) is 6.92 Å². The van der Waals surface area contributed by atoms with Gasteiger partial charge in [0.1, 0.15) is 5.76 Å². The van der Waals surface area contributed by atoms with E-state index in [0.717, 1.165) is 0 Å². The largest absolute Gasteiger partial charge is 0.456 e. The normalized spacial score (nSPS) is 15.2. The predicted molar refractivity (Wildman–Crippen MR) is 121 cm³/mol. The number of nitrogens with one attached hydrogen (secondary N) is 1.